The first-order valence-corrected chi connectivity index (χ1v) is 9.81. The molecule has 5 heteroatoms. The van der Waals surface area contributed by atoms with Crippen molar-refractivity contribution in [3.8, 4) is 0 Å². The van der Waals surface area contributed by atoms with Crippen LogP contribution < -0.4 is 0 Å². The summed E-state index contributed by atoms with van der Waals surface area (Å²) in [5.74, 6) is 0.886. The Bertz CT molecular complexity index is 730. The van der Waals surface area contributed by atoms with E-state index in [9.17, 15) is 4.79 Å². The van der Waals surface area contributed by atoms with Gasteiger partial charge in [0.15, 0.2) is 5.78 Å². The molecule has 0 saturated carbocycles. The minimum absolute atomic E-state index is 0.228. The van der Waals surface area contributed by atoms with Gasteiger partial charge in [-0.25, -0.2) is 0 Å². The Morgan fingerprint density at radius 1 is 1.31 bits per heavy atom. The molecule has 1 aliphatic heterocycles. The van der Waals surface area contributed by atoms with Crippen LogP contribution in [0.4, 0.5) is 0 Å². The zero-order valence-electron chi connectivity index (χ0n) is 16.3. The number of rotatable bonds is 8. The first-order valence-electron chi connectivity index (χ1n) is 9.81. The van der Waals surface area contributed by atoms with E-state index in [1.165, 1.54) is 12.8 Å². The zero-order valence-corrected chi connectivity index (χ0v) is 16.3. The molecule has 1 aromatic carbocycles. The Morgan fingerprint density at radius 2 is 2.08 bits per heavy atom. The molecule has 1 aliphatic rings. The third-order valence-corrected chi connectivity index (χ3v) is 5.48. The van der Waals surface area contributed by atoms with Crippen molar-refractivity contribution in [3.63, 3.8) is 0 Å². The number of ketones is 1. The molecule has 142 valence electrons. The summed E-state index contributed by atoms with van der Waals surface area (Å²) in [6, 6.07) is 6.23. The number of carbonyl (C=O) groups is 1. The maximum Gasteiger partial charge on any atom is 0.165 e. The highest BCUT2D eigenvalue weighted by atomic mass is 16.5. The molecule has 0 bridgehead atoms. The van der Waals surface area contributed by atoms with Crippen molar-refractivity contribution in [1.29, 1.82) is 0 Å². The van der Waals surface area contributed by atoms with Gasteiger partial charge in [0.05, 0.1) is 6.61 Å². The van der Waals surface area contributed by atoms with Crippen LogP contribution in [-0.4, -0.2) is 53.8 Å². The molecule has 5 nitrogen and oxygen atoms in total. The number of fused-ring (bicyclic) bond motifs is 1. The number of hydrogen-bond donors (Lipinski definition) is 0. The lowest BCUT2D eigenvalue weighted by atomic mass is 9.90. The fourth-order valence-corrected chi connectivity index (χ4v) is 3.74. The Labute approximate surface area is 156 Å². The van der Waals surface area contributed by atoms with Crippen molar-refractivity contribution in [2.75, 3.05) is 33.4 Å². The van der Waals surface area contributed by atoms with E-state index in [1.54, 1.807) is 7.11 Å². The number of likely N-dealkylation sites (tertiary alicyclic amines) is 1. The van der Waals surface area contributed by atoms with Gasteiger partial charge in [0.25, 0.3) is 0 Å². The van der Waals surface area contributed by atoms with Crippen LogP contribution in [-0.2, 0) is 4.74 Å². The van der Waals surface area contributed by atoms with Gasteiger partial charge < -0.3 is 9.64 Å². The predicted molar refractivity (Wildman–Crippen MR) is 105 cm³/mol. The summed E-state index contributed by atoms with van der Waals surface area (Å²) in [6.45, 7) is 8.27. The standard InChI is InChI=1S/C21H31N3O2/c1-16(2)24-15-18-5-4-6-19(21(18)22-24)20(25)8-7-17-9-11-23(12-10-17)13-14-26-3/h4-6,15-17H,7-14H2,1-3H3. The van der Waals surface area contributed by atoms with Gasteiger partial charge in [-0.2, -0.15) is 5.10 Å². The van der Waals surface area contributed by atoms with Crippen molar-refractivity contribution >= 4 is 16.7 Å². The van der Waals surface area contributed by atoms with Crippen LogP contribution in [0.2, 0.25) is 0 Å². The van der Waals surface area contributed by atoms with Gasteiger partial charge >= 0.3 is 0 Å². The van der Waals surface area contributed by atoms with Crippen LogP contribution in [0.5, 0.6) is 0 Å². The Kier molecular flexibility index (Phi) is 6.43. The lowest BCUT2D eigenvalue weighted by Crippen LogP contribution is -2.36. The highest BCUT2D eigenvalue weighted by molar-refractivity contribution is 6.06. The largest absolute Gasteiger partial charge is 0.383 e. The summed E-state index contributed by atoms with van der Waals surface area (Å²) in [7, 11) is 1.75. The summed E-state index contributed by atoms with van der Waals surface area (Å²) in [5, 5.41) is 5.70. The van der Waals surface area contributed by atoms with Gasteiger partial charge in [-0.3, -0.25) is 9.48 Å². The summed E-state index contributed by atoms with van der Waals surface area (Å²) in [5.41, 5.74) is 1.63. The first-order chi connectivity index (χ1) is 12.6. The average Bonchev–Trinajstić information content (AvgIpc) is 3.10. The number of ether oxygens (including phenoxy) is 1. The lowest BCUT2D eigenvalue weighted by molar-refractivity contribution is 0.0951. The quantitative estimate of drug-likeness (QED) is 0.672. The third kappa shape index (κ3) is 4.51. The molecule has 0 N–H and O–H groups in total. The van der Waals surface area contributed by atoms with Crippen molar-refractivity contribution in [2.45, 2.75) is 45.6 Å². The van der Waals surface area contributed by atoms with Crippen LogP contribution in [0.25, 0.3) is 10.9 Å². The predicted octanol–water partition coefficient (Wildman–Crippen LogP) is 3.94. The number of hydrogen-bond acceptors (Lipinski definition) is 4. The molecule has 0 unspecified atom stereocenters. The monoisotopic (exact) mass is 357 g/mol. The summed E-state index contributed by atoms with van der Waals surface area (Å²) in [4.78, 5) is 15.3. The van der Waals surface area contributed by atoms with Gasteiger partial charge in [0.2, 0.25) is 0 Å². The molecule has 0 atom stereocenters. The second-order valence-corrected chi connectivity index (χ2v) is 7.69. The smallest absolute Gasteiger partial charge is 0.165 e. The molecular formula is C21H31N3O2. The lowest BCUT2D eigenvalue weighted by Gasteiger charge is -2.31. The molecular weight excluding hydrogens is 326 g/mol. The van der Waals surface area contributed by atoms with Gasteiger partial charge in [-0.15, -0.1) is 0 Å². The summed E-state index contributed by atoms with van der Waals surface area (Å²) < 4.78 is 7.10. The molecule has 26 heavy (non-hydrogen) atoms. The van der Waals surface area contributed by atoms with Gasteiger partial charge in [0.1, 0.15) is 5.52 Å². The van der Waals surface area contributed by atoms with E-state index in [2.05, 4.69) is 23.8 Å². The van der Waals surface area contributed by atoms with E-state index < -0.39 is 0 Å². The fourth-order valence-electron chi connectivity index (χ4n) is 3.74. The second kappa shape index (κ2) is 8.78. The maximum atomic E-state index is 12.8. The molecule has 0 amide bonds. The van der Waals surface area contributed by atoms with E-state index in [1.807, 2.05) is 29.1 Å². The molecule has 0 aliphatic carbocycles. The normalized spacial score (nSPS) is 16.6. The Balaban J connectivity index is 1.57. The number of nitrogens with zero attached hydrogens (tertiary/aromatic N) is 3. The van der Waals surface area contributed by atoms with Gasteiger partial charge in [0, 0.05) is 43.3 Å². The number of aromatic nitrogens is 2. The maximum absolute atomic E-state index is 12.8. The number of methoxy groups -OCH3 is 1. The molecule has 0 spiro atoms. The second-order valence-electron chi connectivity index (χ2n) is 7.69. The molecule has 1 fully saturated rings. The van der Waals surface area contributed by atoms with Crippen LogP contribution in [0.1, 0.15) is 55.9 Å². The number of carbonyl (C=O) groups excluding carboxylic acids is 1. The van der Waals surface area contributed by atoms with Crippen molar-refractivity contribution < 1.29 is 9.53 Å². The number of Topliss-reactive ketones (excluding diaryl/α,β-unsaturated/α-hetero) is 1. The Morgan fingerprint density at radius 3 is 2.77 bits per heavy atom. The molecule has 2 aromatic rings. The van der Waals surface area contributed by atoms with Crippen molar-refractivity contribution in [1.82, 2.24) is 14.7 Å². The van der Waals surface area contributed by atoms with Gasteiger partial charge in [-0.1, -0.05) is 12.1 Å². The highest BCUT2D eigenvalue weighted by Gasteiger charge is 2.21. The fraction of sp³-hybridized carbons (Fsp3) is 0.619. The minimum atomic E-state index is 0.228. The van der Waals surface area contributed by atoms with E-state index in [0.29, 0.717) is 18.4 Å². The van der Waals surface area contributed by atoms with Crippen LogP contribution in [0.3, 0.4) is 0 Å². The van der Waals surface area contributed by atoms with E-state index in [4.69, 9.17) is 4.74 Å². The molecule has 1 saturated heterocycles. The topological polar surface area (TPSA) is 47.4 Å². The number of benzene rings is 1. The summed E-state index contributed by atoms with van der Waals surface area (Å²) in [6.07, 6.45) is 6.01. The molecule has 0 radical (unpaired) electrons. The van der Waals surface area contributed by atoms with Crippen LogP contribution in [0.15, 0.2) is 24.4 Å². The number of piperidine rings is 1. The van der Waals surface area contributed by atoms with E-state index >= 15 is 0 Å². The molecule has 3 rings (SSSR count). The van der Waals surface area contributed by atoms with Crippen LogP contribution in [0, 0.1) is 5.92 Å². The SMILES string of the molecule is COCCN1CCC(CCC(=O)c2cccc3cn(C(C)C)nc23)CC1. The first kappa shape index (κ1) is 19.1. The van der Waals surface area contributed by atoms with Gasteiger partial charge in [-0.05, 0) is 58.2 Å². The van der Waals surface area contributed by atoms with Crippen molar-refractivity contribution in [2.24, 2.45) is 5.92 Å². The van der Waals surface area contributed by atoms with E-state index in [0.717, 1.165) is 49.1 Å². The highest BCUT2D eigenvalue weighted by Crippen LogP contribution is 2.25. The molecule has 2 heterocycles. The van der Waals surface area contributed by atoms with Crippen LogP contribution >= 0.6 is 0 Å². The average molecular weight is 357 g/mol. The minimum Gasteiger partial charge on any atom is -0.383 e. The summed E-state index contributed by atoms with van der Waals surface area (Å²) >= 11 is 0. The van der Waals surface area contributed by atoms with Crippen molar-refractivity contribution in [3.05, 3.63) is 30.0 Å². The van der Waals surface area contributed by atoms with E-state index in [-0.39, 0.29) is 5.78 Å². The Hall–Kier alpha value is -1.72. The third-order valence-electron chi connectivity index (χ3n) is 5.48. The zero-order chi connectivity index (χ0) is 18.5. The molecule has 1 aromatic heterocycles.